The minimum absolute atomic E-state index is 0.356. The summed E-state index contributed by atoms with van der Waals surface area (Å²) >= 11 is 1.89. The Bertz CT molecular complexity index is 125. The van der Waals surface area contributed by atoms with Crippen LogP contribution >= 0.6 is 11.8 Å². The van der Waals surface area contributed by atoms with Crippen LogP contribution in [0.1, 0.15) is 48.0 Å². The number of thioether (sulfide) groups is 1. The van der Waals surface area contributed by atoms with Crippen LogP contribution in [0.2, 0.25) is 0 Å². The van der Waals surface area contributed by atoms with Crippen LogP contribution in [-0.2, 0) is 0 Å². The molecule has 12 heavy (non-hydrogen) atoms. The second-order valence-corrected chi connectivity index (χ2v) is 7.10. The van der Waals surface area contributed by atoms with Gasteiger partial charge in [-0.25, -0.2) is 0 Å². The molecule has 0 aromatic heterocycles. The average molecular weight is 186 g/mol. The summed E-state index contributed by atoms with van der Waals surface area (Å²) < 4.78 is 0.356. The van der Waals surface area contributed by atoms with Crippen molar-refractivity contribution < 1.29 is 0 Å². The van der Waals surface area contributed by atoms with Gasteiger partial charge in [-0.2, -0.15) is 0 Å². The summed E-state index contributed by atoms with van der Waals surface area (Å²) in [4.78, 5) is 0. The Morgan fingerprint density at radius 3 is 1.83 bits per heavy atom. The van der Waals surface area contributed by atoms with E-state index in [0.29, 0.717) is 10.2 Å². The van der Waals surface area contributed by atoms with E-state index >= 15 is 0 Å². The molecule has 0 bridgehead atoms. The summed E-state index contributed by atoms with van der Waals surface area (Å²) in [5.74, 6) is 0. The van der Waals surface area contributed by atoms with E-state index in [4.69, 9.17) is 0 Å². The Morgan fingerprint density at radius 2 is 1.50 bits per heavy atom. The highest BCUT2D eigenvalue weighted by Gasteiger charge is 2.09. The highest BCUT2D eigenvalue weighted by molar-refractivity contribution is 8.03. The monoisotopic (exact) mass is 186 g/mol. The van der Waals surface area contributed by atoms with Crippen LogP contribution in [0.5, 0.6) is 0 Å². The molecule has 0 heterocycles. The largest absolute Gasteiger partial charge is 0.128 e. The molecule has 0 radical (unpaired) electrons. The molecule has 0 aliphatic heterocycles. The third-order valence-corrected chi connectivity index (χ3v) is 2.28. The van der Waals surface area contributed by atoms with Crippen LogP contribution in [-0.4, -0.2) is 4.75 Å². The van der Waals surface area contributed by atoms with Gasteiger partial charge < -0.3 is 0 Å². The lowest BCUT2D eigenvalue weighted by molar-refractivity contribution is 0.421. The van der Waals surface area contributed by atoms with Crippen LogP contribution in [0.4, 0.5) is 0 Å². The van der Waals surface area contributed by atoms with Gasteiger partial charge in [0.1, 0.15) is 0 Å². The van der Waals surface area contributed by atoms with E-state index in [1.807, 2.05) is 11.8 Å². The molecule has 0 aliphatic rings. The molecule has 0 aromatic carbocycles. The van der Waals surface area contributed by atoms with Gasteiger partial charge in [-0.15, -0.1) is 11.8 Å². The SMILES string of the molecule is CC(C)(C)C/C=C\SC(C)(C)C. The van der Waals surface area contributed by atoms with Crippen LogP contribution in [0.25, 0.3) is 0 Å². The third kappa shape index (κ3) is 10.1. The van der Waals surface area contributed by atoms with Crippen LogP contribution < -0.4 is 0 Å². The second-order valence-electron chi connectivity index (χ2n) is 5.37. The van der Waals surface area contributed by atoms with Crippen LogP contribution in [0.15, 0.2) is 11.5 Å². The zero-order chi connectivity index (χ0) is 9.83. The molecule has 0 amide bonds. The molecule has 0 aliphatic carbocycles. The zero-order valence-corrected chi connectivity index (χ0v) is 10.1. The fourth-order valence-electron chi connectivity index (χ4n) is 0.654. The number of allylic oxidation sites excluding steroid dienone is 1. The highest BCUT2D eigenvalue weighted by Crippen LogP contribution is 2.26. The minimum Gasteiger partial charge on any atom is -0.128 e. The number of rotatable bonds is 2. The first-order valence-electron chi connectivity index (χ1n) is 4.53. The highest BCUT2D eigenvalue weighted by atomic mass is 32.2. The molecule has 0 aromatic rings. The van der Waals surface area contributed by atoms with Gasteiger partial charge in [-0.1, -0.05) is 47.6 Å². The first-order chi connectivity index (χ1) is 5.21. The maximum absolute atomic E-state index is 2.27. The quantitative estimate of drug-likeness (QED) is 0.613. The first kappa shape index (κ1) is 12.1. The Balaban J connectivity index is 3.66. The Kier molecular flexibility index (Phi) is 4.39. The van der Waals surface area contributed by atoms with E-state index < -0.39 is 0 Å². The third-order valence-electron chi connectivity index (χ3n) is 1.25. The van der Waals surface area contributed by atoms with Crippen molar-refractivity contribution in [3.8, 4) is 0 Å². The van der Waals surface area contributed by atoms with Gasteiger partial charge in [0.2, 0.25) is 0 Å². The molecule has 0 unspecified atom stereocenters. The fourth-order valence-corrected chi connectivity index (χ4v) is 1.25. The predicted molar refractivity (Wildman–Crippen MR) is 60.6 cm³/mol. The van der Waals surface area contributed by atoms with Crippen molar-refractivity contribution in [2.75, 3.05) is 0 Å². The molecule has 0 saturated carbocycles. The maximum atomic E-state index is 2.27. The first-order valence-corrected chi connectivity index (χ1v) is 5.41. The molecule has 72 valence electrons. The summed E-state index contributed by atoms with van der Waals surface area (Å²) in [5, 5.41) is 2.23. The zero-order valence-electron chi connectivity index (χ0n) is 9.27. The van der Waals surface area contributed by atoms with E-state index in [1.54, 1.807) is 0 Å². The van der Waals surface area contributed by atoms with E-state index in [-0.39, 0.29) is 0 Å². The molecule has 0 rings (SSSR count). The lowest BCUT2D eigenvalue weighted by Gasteiger charge is -2.16. The summed E-state index contributed by atoms with van der Waals surface area (Å²) in [5.41, 5.74) is 0.426. The van der Waals surface area contributed by atoms with E-state index in [0.717, 1.165) is 6.42 Å². The Labute approximate surface area is 81.8 Å². The molecular formula is C11H22S. The van der Waals surface area contributed by atoms with Crippen molar-refractivity contribution in [1.29, 1.82) is 0 Å². The normalized spacial score (nSPS) is 14.2. The molecule has 0 nitrogen and oxygen atoms in total. The van der Waals surface area contributed by atoms with Crippen molar-refractivity contribution in [2.45, 2.75) is 52.7 Å². The number of hydrogen-bond acceptors (Lipinski definition) is 1. The van der Waals surface area contributed by atoms with Crippen LogP contribution in [0.3, 0.4) is 0 Å². The van der Waals surface area contributed by atoms with E-state index in [2.05, 4.69) is 53.0 Å². The van der Waals surface area contributed by atoms with Crippen molar-refractivity contribution >= 4 is 11.8 Å². The molecule has 0 saturated heterocycles. The summed E-state index contributed by atoms with van der Waals surface area (Å²) in [6.45, 7) is 13.5. The van der Waals surface area contributed by atoms with E-state index in [1.165, 1.54) is 0 Å². The minimum atomic E-state index is 0.356. The van der Waals surface area contributed by atoms with Crippen molar-refractivity contribution in [2.24, 2.45) is 5.41 Å². The molecule has 0 atom stereocenters. The fraction of sp³-hybridized carbons (Fsp3) is 0.818. The Hall–Kier alpha value is 0.0900. The standard InChI is InChI=1S/C11H22S/c1-10(2,3)8-7-9-12-11(4,5)6/h7,9H,8H2,1-6H3/b9-7-. The summed E-state index contributed by atoms with van der Waals surface area (Å²) in [6, 6.07) is 0. The Morgan fingerprint density at radius 1 is 1.00 bits per heavy atom. The van der Waals surface area contributed by atoms with Gasteiger partial charge >= 0.3 is 0 Å². The summed E-state index contributed by atoms with van der Waals surface area (Å²) in [7, 11) is 0. The van der Waals surface area contributed by atoms with Gasteiger partial charge in [0.15, 0.2) is 0 Å². The smallest absolute Gasteiger partial charge is 0.0116 e. The van der Waals surface area contributed by atoms with E-state index in [9.17, 15) is 0 Å². The summed E-state index contributed by atoms with van der Waals surface area (Å²) in [6.07, 6.45) is 3.44. The predicted octanol–water partition coefficient (Wildman–Crippen LogP) is 4.47. The lowest BCUT2D eigenvalue weighted by atomic mass is 9.93. The van der Waals surface area contributed by atoms with Gasteiger partial charge in [-0.05, 0) is 17.2 Å². The van der Waals surface area contributed by atoms with Gasteiger partial charge in [-0.3, -0.25) is 0 Å². The lowest BCUT2D eigenvalue weighted by Crippen LogP contribution is -2.05. The average Bonchev–Trinajstić information content (AvgIpc) is 1.76. The maximum Gasteiger partial charge on any atom is 0.0116 e. The van der Waals surface area contributed by atoms with Gasteiger partial charge in [0.25, 0.3) is 0 Å². The van der Waals surface area contributed by atoms with Crippen molar-refractivity contribution in [3.05, 3.63) is 11.5 Å². The molecular weight excluding hydrogens is 164 g/mol. The van der Waals surface area contributed by atoms with Crippen molar-refractivity contribution in [1.82, 2.24) is 0 Å². The molecule has 0 spiro atoms. The number of hydrogen-bond donors (Lipinski definition) is 0. The second kappa shape index (κ2) is 4.36. The van der Waals surface area contributed by atoms with Gasteiger partial charge in [0, 0.05) is 4.75 Å². The molecule has 0 N–H and O–H groups in total. The molecule has 0 fully saturated rings. The van der Waals surface area contributed by atoms with Gasteiger partial charge in [0.05, 0.1) is 0 Å². The van der Waals surface area contributed by atoms with Crippen LogP contribution in [0, 0.1) is 5.41 Å². The molecule has 1 heteroatoms. The topological polar surface area (TPSA) is 0 Å². The van der Waals surface area contributed by atoms with Crippen molar-refractivity contribution in [3.63, 3.8) is 0 Å².